The second-order valence-electron chi connectivity index (χ2n) is 6.06. The smallest absolute Gasteiger partial charge is 0.280 e. The average molecular weight is 333 g/mol. The van der Waals surface area contributed by atoms with Gasteiger partial charge in [-0.25, -0.2) is 0 Å². The Balaban J connectivity index is 2.18. The van der Waals surface area contributed by atoms with Crippen molar-refractivity contribution >= 4 is 23.4 Å². The summed E-state index contributed by atoms with van der Waals surface area (Å²) >= 11 is 0. The number of anilines is 1. The zero-order valence-electron chi connectivity index (χ0n) is 14.4. The highest BCUT2D eigenvalue weighted by molar-refractivity contribution is 6.16. The topological polar surface area (TPSA) is 87.7 Å². The molecule has 7 heteroatoms. The Labute approximate surface area is 141 Å². The molecule has 0 saturated carbocycles. The molecule has 1 unspecified atom stereocenters. The summed E-state index contributed by atoms with van der Waals surface area (Å²) in [6.07, 6.45) is 0. The van der Waals surface area contributed by atoms with E-state index >= 15 is 0 Å². The van der Waals surface area contributed by atoms with E-state index in [-0.39, 0.29) is 18.5 Å². The van der Waals surface area contributed by atoms with Gasteiger partial charge >= 0.3 is 0 Å². The van der Waals surface area contributed by atoms with E-state index < -0.39 is 17.4 Å². The third-order valence-electron chi connectivity index (χ3n) is 3.73. The van der Waals surface area contributed by atoms with Crippen LogP contribution in [0.4, 0.5) is 5.69 Å². The SMILES string of the molecule is CCN1C(=O)C(C)(C(=O)NCC(=O)NC(C)C)Oc2ccccc21. The van der Waals surface area contributed by atoms with E-state index in [0.717, 1.165) is 0 Å². The van der Waals surface area contributed by atoms with Crippen molar-refractivity contribution in [2.75, 3.05) is 18.0 Å². The highest BCUT2D eigenvalue weighted by Gasteiger charge is 2.50. The van der Waals surface area contributed by atoms with E-state index in [2.05, 4.69) is 10.6 Å². The van der Waals surface area contributed by atoms with Crippen LogP contribution in [0.25, 0.3) is 0 Å². The molecular weight excluding hydrogens is 310 g/mol. The number of benzene rings is 1. The van der Waals surface area contributed by atoms with Crippen molar-refractivity contribution in [3.05, 3.63) is 24.3 Å². The molecule has 7 nitrogen and oxygen atoms in total. The van der Waals surface area contributed by atoms with Gasteiger partial charge in [-0.05, 0) is 39.8 Å². The van der Waals surface area contributed by atoms with E-state index in [9.17, 15) is 14.4 Å². The van der Waals surface area contributed by atoms with Gasteiger partial charge in [0.1, 0.15) is 5.75 Å². The van der Waals surface area contributed by atoms with Gasteiger partial charge in [-0.15, -0.1) is 0 Å². The van der Waals surface area contributed by atoms with Crippen LogP contribution in [-0.2, 0) is 14.4 Å². The lowest BCUT2D eigenvalue weighted by atomic mass is 10.00. The number of carbonyl (C=O) groups excluding carboxylic acids is 3. The van der Waals surface area contributed by atoms with Crippen molar-refractivity contribution in [3.63, 3.8) is 0 Å². The molecule has 130 valence electrons. The molecule has 1 heterocycles. The maximum absolute atomic E-state index is 12.7. The molecule has 1 aliphatic rings. The fraction of sp³-hybridized carbons (Fsp3) is 0.471. The number of carbonyl (C=O) groups is 3. The third-order valence-corrected chi connectivity index (χ3v) is 3.73. The maximum Gasteiger partial charge on any atom is 0.280 e. The molecule has 2 rings (SSSR count). The van der Waals surface area contributed by atoms with E-state index in [4.69, 9.17) is 4.74 Å². The summed E-state index contributed by atoms with van der Waals surface area (Å²) in [7, 11) is 0. The van der Waals surface area contributed by atoms with Crippen LogP contribution in [0, 0.1) is 0 Å². The molecule has 3 amide bonds. The molecule has 1 aromatic carbocycles. The van der Waals surface area contributed by atoms with Crippen LogP contribution >= 0.6 is 0 Å². The Bertz CT molecular complexity index is 659. The first-order valence-corrected chi connectivity index (χ1v) is 7.97. The van der Waals surface area contributed by atoms with Gasteiger partial charge in [0.2, 0.25) is 5.91 Å². The molecular formula is C17H23N3O4. The van der Waals surface area contributed by atoms with Gasteiger partial charge in [-0.1, -0.05) is 12.1 Å². The third kappa shape index (κ3) is 3.34. The predicted molar refractivity (Wildman–Crippen MR) is 89.8 cm³/mol. The van der Waals surface area contributed by atoms with Gasteiger partial charge < -0.3 is 20.3 Å². The number of hydrogen-bond acceptors (Lipinski definition) is 4. The molecule has 1 atom stereocenters. The number of nitrogens with zero attached hydrogens (tertiary/aromatic N) is 1. The first kappa shape index (κ1) is 17.8. The van der Waals surface area contributed by atoms with Crippen LogP contribution in [0.2, 0.25) is 0 Å². The highest BCUT2D eigenvalue weighted by atomic mass is 16.5. The van der Waals surface area contributed by atoms with Crippen LogP contribution in [-0.4, -0.2) is 42.5 Å². The summed E-state index contributed by atoms with van der Waals surface area (Å²) < 4.78 is 5.70. The number of ether oxygens (including phenoxy) is 1. The number of fused-ring (bicyclic) bond motifs is 1. The highest BCUT2D eigenvalue weighted by Crippen LogP contribution is 2.37. The minimum Gasteiger partial charge on any atom is -0.466 e. The monoisotopic (exact) mass is 333 g/mol. The van der Waals surface area contributed by atoms with Crippen molar-refractivity contribution in [1.82, 2.24) is 10.6 Å². The van der Waals surface area contributed by atoms with Crippen LogP contribution < -0.4 is 20.3 Å². The van der Waals surface area contributed by atoms with Crippen molar-refractivity contribution < 1.29 is 19.1 Å². The van der Waals surface area contributed by atoms with Crippen molar-refractivity contribution in [2.24, 2.45) is 0 Å². The lowest BCUT2D eigenvalue weighted by Crippen LogP contribution is -2.62. The minimum absolute atomic E-state index is 0.0278. The number of amides is 3. The second kappa shape index (κ2) is 6.90. The average Bonchev–Trinajstić information content (AvgIpc) is 2.53. The first-order chi connectivity index (χ1) is 11.3. The summed E-state index contributed by atoms with van der Waals surface area (Å²) in [6, 6.07) is 7.03. The minimum atomic E-state index is -1.71. The largest absolute Gasteiger partial charge is 0.466 e. The van der Waals surface area contributed by atoms with Crippen molar-refractivity contribution in [2.45, 2.75) is 39.3 Å². The van der Waals surface area contributed by atoms with Crippen LogP contribution in [0.15, 0.2) is 24.3 Å². The Morgan fingerprint density at radius 1 is 1.29 bits per heavy atom. The summed E-state index contributed by atoms with van der Waals surface area (Å²) in [5.41, 5.74) is -1.07. The fourth-order valence-electron chi connectivity index (χ4n) is 2.56. The molecule has 0 spiro atoms. The first-order valence-electron chi connectivity index (χ1n) is 7.97. The van der Waals surface area contributed by atoms with E-state index in [1.54, 1.807) is 24.3 Å². The van der Waals surface area contributed by atoms with Gasteiger partial charge in [0.15, 0.2) is 0 Å². The van der Waals surface area contributed by atoms with Gasteiger partial charge in [0.25, 0.3) is 17.4 Å². The predicted octanol–water partition coefficient (Wildman–Crippen LogP) is 0.831. The molecule has 0 aromatic heterocycles. The van der Waals surface area contributed by atoms with Crippen molar-refractivity contribution in [1.29, 1.82) is 0 Å². The van der Waals surface area contributed by atoms with Crippen LogP contribution in [0.5, 0.6) is 5.75 Å². The number of likely N-dealkylation sites (N-methyl/N-ethyl adjacent to an activating group) is 1. The molecule has 0 radical (unpaired) electrons. The normalized spacial score (nSPS) is 19.5. The van der Waals surface area contributed by atoms with Crippen LogP contribution in [0.3, 0.4) is 0 Å². The lowest BCUT2D eigenvalue weighted by Gasteiger charge is -2.39. The Morgan fingerprint density at radius 3 is 2.58 bits per heavy atom. The molecule has 0 bridgehead atoms. The van der Waals surface area contributed by atoms with E-state index in [1.165, 1.54) is 11.8 Å². The van der Waals surface area contributed by atoms with Gasteiger partial charge in [-0.3, -0.25) is 14.4 Å². The van der Waals surface area contributed by atoms with Crippen LogP contribution in [0.1, 0.15) is 27.7 Å². The fourth-order valence-corrected chi connectivity index (χ4v) is 2.56. The van der Waals surface area contributed by atoms with E-state index in [0.29, 0.717) is 18.0 Å². The molecule has 1 aromatic rings. The summed E-state index contributed by atoms with van der Waals surface area (Å²) in [4.78, 5) is 38.5. The van der Waals surface area contributed by atoms with Gasteiger partial charge in [-0.2, -0.15) is 0 Å². The molecule has 0 saturated heterocycles. The molecule has 24 heavy (non-hydrogen) atoms. The van der Waals surface area contributed by atoms with Crippen molar-refractivity contribution in [3.8, 4) is 5.75 Å². The summed E-state index contributed by atoms with van der Waals surface area (Å²) in [5.74, 6) is -0.953. The standard InChI is InChI=1S/C17H23N3O4/c1-5-20-12-8-6-7-9-13(12)24-17(4,16(20)23)15(22)18-10-14(21)19-11(2)3/h6-9,11H,5,10H2,1-4H3,(H,18,22)(H,19,21). The zero-order chi connectivity index (χ0) is 17.9. The lowest BCUT2D eigenvalue weighted by molar-refractivity contribution is -0.149. The van der Waals surface area contributed by atoms with Gasteiger partial charge in [0, 0.05) is 12.6 Å². The molecule has 1 aliphatic heterocycles. The Hall–Kier alpha value is -2.57. The Morgan fingerprint density at radius 2 is 1.96 bits per heavy atom. The number of hydrogen-bond donors (Lipinski definition) is 2. The summed E-state index contributed by atoms with van der Waals surface area (Å²) in [6.45, 7) is 7.10. The quantitative estimate of drug-likeness (QED) is 0.782. The number of para-hydroxylation sites is 2. The maximum atomic E-state index is 12.7. The zero-order valence-corrected chi connectivity index (χ0v) is 14.4. The number of rotatable bonds is 5. The molecule has 0 aliphatic carbocycles. The molecule has 0 fully saturated rings. The summed E-state index contributed by atoms with van der Waals surface area (Å²) in [5, 5.41) is 5.15. The second-order valence-corrected chi connectivity index (χ2v) is 6.06. The van der Waals surface area contributed by atoms with Gasteiger partial charge in [0.05, 0.1) is 12.2 Å². The Kier molecular flexibility index (Phi) is 5.11. The van der Waals surface area contributed by atoms with E-state index in [1.807, 2.05) is 20.8 Å². The molecule has 2 N–H and O–H groups in total. The number of nitrogens with one attached hydrogen (secondary N) is 2.